The van der Waals surface area contributed by atoms with Gasteiger partial charge in [0.05, 0.1) is 0 Å². The van der Waals surface area contributed by atoms with Crippen LogP contribution in [0.2, 0.25) is 5.02 Å². The zero-order chi connectivity index (χ0) is 12.4. The highest BCUT2D eigenvalue weighted by Gasteiger charge is 2.15. The van der Waals surface area contributed by atoms with Crippen molar-refractivity contribution in [3.8, 4) is 0 Å². The lowest BCUT2D eigenvalue weighted by Gasteiger charge is -2.24. The Morgan fingerprint density at radius 3 is 2.61 bits per heavy atom. The predicted molar refractivity (Wildman–Crippen MR) is 76.6 cm³/mol. The van der Waals surface area contributed by atoms with Crippen molar-refractivity contribution >= 4 is 23.0 Å². The van der Waals surface area contributed by atoms with Gasteiger partial charge in [0.2, 0.25) is 0 Å². The molecule has 0 fully saturated rings. The number of anilines is 2. The SMILES string of the molecule is Clc1ccc(N2CCNCc3ccccc32)cc1. The van der Waals surface area contributed by atoms with Gasteiger partial charge in [-0.25, -0.2) is 0 Å². The summed E-state index contributed by atoms with van der Waals surface area (Å²) in [5, 5.41) is 4.22. The maximum absolute atomic E-state index is 5.95. The van der Waals surface area contributed by atoms with E-state index in [0.717, 1.165) is 24.7 Å². The van der Waals surface area contributed by atoms with Gasteiger partial charge >= 0.3 is 0 Å². The molecule has 18 heavy (non-hydrogen) atoms. The summed E-state index contributed by atoms with van der Waals surface area (Å²) in [6, 6.07) is 16.6. The zero-order valence-electron chi connectivity index (χ0n) is 10.1. The van der Waals surface area contributed by atoms with E-state index in [4.69, 9.17) is 11.6 Å². The highest BCUT2D eigenvalue weighted by Crippen LogP contribution is 2.30. The Balaban J connectivity index is 2.03. The van der Waals surface area contributed by atoms with E-state index < -0.39 is 0 Å². The van der Waals surface area contributed by atoms with E-state index in [1.54, 1.807) is 0 Å². The predicted octanol–water partition coefficient (Wildman–Crippen LogP) is 3.58. The molecule has 0 radical (unpaired) electrons. The molecule has 3 rings (SSSR count). The number of halogens is 1. The number of hydrogen-bond donors (Lipinski definition) is 1. The van der Waals surface area contributed by atoms with E-state index in [1.165, 1.54) is 16.9 Å². The number of benzene rings is 2. The second-order valence-electron chi connectivity index (χ2n) is 4.43. The van der Waals surface area contributed by atoms with Crippen LogP contribution in [0, 0.1) is 0 Å². The largest absolute Gasteiger partial charge is 0.340 e. The van der Waals surface area contributed by atoms with Crippen molar-refractivity contribution in [2.45, 2.75) is 6.54 Å². The first-order valence-electron chi connectivity index (χ1n) is 6.16. The van der Waals surface area contributed by atoms with E-state index in [0.29, 0.717) is 0 Å². The lowest BCUT2D eigenvalue weighted by atomic mass is 10.1. The van der Waals surface area contributed by atoms with Crippen molar-refractivity contribution in [1.82, 2.24) is 5.32 Å². The highest BCUT2D eigenvalue weighted by atomic mass is 35.5. The Morgan fingerprint density at radius 1 is 1.00 bits per heavy atom. The minimum Gasteiger partial charge on any atom is -0.340 e. The van der Waals surface area contributed by atoms with Crippen LogP contribution in [0.15, 0.2) is 48.5 Å². The lowest BCUT2D eigenvalue weighted by molar-refractivity contribution is 0.712. The summed E-state index contributed by atoms with van der Waals surface area (Å²) >= 11 is 5.95. The molecule has 2 nitrogen and oxygen atoms in total. The monoisotopic (exact) mass is 258 g/mol. The van der Waals surface area contributed by atoms with Crippen molar-refractivity contribution in [3.05, 3.63) is 59.1 Å². The Labute approximate surface area is 112 Å². The third kappa shape index (κ3) is 2.22. The summed E-state index contributed by atoms with van der Waals surface area (Å²) in [5.74, 6) is 0. The molecule has 1 N–H and O–H groups in total. The first kappa shape index (κ1) is 11.6. The second kappa shape index (κ2) is 5.01. The van der Waals surface area contributed by atoms with Gasteiger partial charge in [-0.2, -0.15) is 0 Å². The van der Waals surface area contributed by atoms with Crippen molar-refractivity contribution in [2.75, 3.05) is 18.0 Å². The topological polar surface area (TPSA) is 15.3 Å². The van der Waals surface area contributed by atoms with E-state index in [9.17, 15) is 0 Å². The van der Waals surface area contributed by atoms with Gasteiger partial charge in [-0.3, -0.25) is 0 Å². The van der Waals surface area contributed by atoms with Crippen LogP contribution in [0.25, 0.3) is 0 Å². The Morgan fingerprint density at radius 2 is 1.78 bits per heavy atom. The van der Waals surface area contributed by atoms with Crippen LogP contribution >= 0.6 is 11.6 Å². The lowest BCUT2D eigenvalue weighted by Crippen LogP contribution is -2.24. The van der Waals surface area contributed by atoms with Crippen LogP contribution in [-0.4, -0.2) is 13.1 Å². The Kier molecular flexibility index (Phi) is 3.22. The zero-order valence-corrected chi connectivity index (χ0v) is 10.8. The summed E-state index contributed by atoms with van der Waals surface area (Å²) in [5.41, 5.74) is 3.81. The van der Waals surface area contributed by atoms with Gasteiger partial charge < -0.3 is 10.2 Å². The molecule has 1 aliphatic heterocycles. The van der Waals surface area contributed by atoms with Crippen LogP contribution in [-0.2, 0) is 6.54 Å². The first-order chi connectivity index (χ1) is 8.84. The summed E-state index contributed by atoms with van der Waals surface area (Å²) in [4.78, 5) is 2.34. The summed E-state index contributed by atoms with van der Waals surface area (Å²) in [7, 11) is 0. The van der Waals surface area contributed by atoms with E-state index >= 15 is 0 Å². The Bertz CT molecular complexity index is 536. The molecule has 0 saturated carbocycles. The third-order valence-electron chi connectivity index (χ3n) is 3.25. The number of nitrogens with zero attached hydrogens (tertiary/aromatic N) is 1. The maximum atomic E-state index is 5.95. The molecule has 2 aromatic carbocycles. The van der Waals surface area contributed by atoms with Gasteiger partial charge in [-0.05, 0) is 35.9 Å². The van der Waals surface area contributed by atoms with Crippen LogP contribution in [0.1, 0.15) is 5.56 Å². The number of hydrogen-bond acceptors (Lipinski definition) is 2. The second-order valence-corrected chi connectivity index (χ2v) is 4.87. The van der Waals surface area contributed by atoms with Crippen LogP contribution in [0.5, 0.6) is 0 Å². The number of rotatable bonds is 1. The molecular formula is C15H15ClN2. The van der Waals surface area contributed by atoms with E-state index in [2.05, 4.69) is 46.6 Å². The summed E-state index contributed by atoms with van der Waals surface area (Å²) < 4.78 is 0. The molecule has 0 bridgehead atoms. The average molecular weight is 259 g/mol. The van der Waals surface area contributed by atoms with Crippen LogP contribution in [0.4, 0.5) is 11.4 Å². The molecule has 0 saturated heterocycles. The summed E-state index contributed by atoms with van der Waals surface area (Å²) in [6.45, 7) is 2.89. The molecule has 0 aliphatic carbocycles. The smallest absolute Gasteiger partial charge is 0.0456 e. The maximum Gasteiger partial charge on any atom is 0.0456 e. The molecule has 2 aromatic rings. The minimum atomic E-state index is 0.778. The van der Waals surface area contributed by atoms with Gasteiger partial charge in [0.1, 0.15) is 0 Å². The molecule has 0 amide bonds. The molecule has 0 spiro atoms. The molecule has 1 heterocycles. The fraction of sp³-hybridized carbons (Fsp3) is 0.200. The third-order valence-corrected chi connectivity index (χ3v) is 3.50. The number of para-hydroxylation sites is 1. The van der Waals surface area contributed by atoms with E-state index in [-0.39, 0.29) is 0 Å². The number of nitrogens with one attached hydrogen (secondary N) is 1. The van der Waals surface area contributed by atoms with Gasteiger partial charge in [-0.15, -0.1) is 0 Å². The molecule has 0 atom stereocenters. The molecule has 92 valence electrons. The normalized spacial score (nSPS) is 15.1. The van der Waals surface area contributed by atoms with Crippen LogP contribution < -0.4 is 10.2 Å². The fourth-order valence-corrected chi connectivity index (χ4v) is 2.47. The number of fused-ring (bicyclic) bond motifs is 1. The van der Waals surface area contributed by atoms with Crippen molar-refractivity contribution in [3.63, 3.8) is 0 Å². The van der Waals surface area contributed by atoms with Crippen molar-refractivity contribution < 1.29 is 0 Å². The standard InChI is InChI=1S/C15H15ClN2/c16-13-5-7-14(8-6-13)18-10-9-17-11-12-3-1-2-4-15(12)18/h1-8,17H,9-11H2. The van der Waals surface area contributed by atoms with Crippen LogP contribution in [0.3, 0.4) is 0 Å². The first-order valence-corrected chi connectivity index (χ1v) is 6.54. The fourth-order valence-electron chi connectivity index (χ4n) is 2.35. The van der Waals surface area contributed by atoms with Gasteiger partial charge in [0, 0.05) is 36.0 Å². The molecule has 0 aromatic heterocycles. The Hall–Kier alpha value is -1.51. The highest BCUT2D eigenvalue weighted by molar-refractivity contribution is 6.30. The van der Waals surface area contributed by atoms with Gasteiger partial charge in [0.15, 0.2) is 0 Å². The quantitative estimate of drug-likeness (QED) is 0.841. The molecular weight excluding hydrogens is 244 g/mol. The summed E-state index contributed by atoms with van der Waals surface area (Å²) in [6.07, 6.45) is 0. The van der Waals surface area contributed by atoms with Crippen molar-refractivity contribution in [1.29, 1.82) is 0 Å². The average Bonchev–Trinajstić information content (AvgIpc) is 2.62. The van der Waals surface area contributed by atoms with Gasteiger partial charge in [-0.1, -0.05) is 29.8 Å². The van der Waals surface area contributed by atoms with Gasteiger partial charge in [0.25, 0.3) is 0 Å². The van der Waals surface area contributed by atoms with Crippen molar-refractivity contribution in [2.24, 2.45) is 0 Å². The van der Waals surface area contributed by atoms with E-state index in [1.807, 2.05) is 12.1 Å². The molecule has 1 aliphatic rings. The molecule has 0 unspecified atom stereocenters. The minimum absolute atomic E-state index is 0.778. The molecule has 3 heteroatoms.